The first kappa shape index (κ1) is 17.0. The minimum atomic E-state index is -0.363. The average Bonchev–Trinajstić information content (AvgIpc) is 2.95. The molecule has 1 N–H and O–H groups in total. The number of ether oxygens (including phenoxy) is 1. The van der Waals surface area contributed by atoms with E-state index in [4.69, 9.17) is 4.74 Å². The van der Waals surface area contributed by atoms with E-state index in [0.29, 0.717) is 12.3 Å². The summed E-state index contributed by atoms with van der Waals surface area (Å²) in [5.74, 6) is -0.278. The summed E-state index contributed by atoms with van der Waals surface area (Å²) in [7, 11) is 0. The Labute approximate surface area is 145 Å². The lowest BCUT2D eigenvalue weighted by Crippen LogP contribution is -2.39. The van der Waals surface area contributed by atoms with Crippen molar-refractivity contribution in [3.8, 4) is 5.75 Å². The monoisotopic (exact) mass is 342 g/mol. The van der Waals surface area contributed by atoms with Crippen molar-refractivity contribution in [1.82, 2.24) is 5.32 Å². The molecular weight excluding hydrogens is 323 g/mol. The van der Waals surface area contributed by atoms with Gasteiger partial charge in [0.25, 0.3) is 5.91 Å². The average molecular weight is 342 g/mol. The molecule has 130 valence electrons. The number of nitrogens with one attached hydrogen (secondary N) is 1. The van der Waals surface area contributed by atoms with Crippen LogP contribution in [0.15, 0.2) is 48.5 Å². The number of carbonyl (C=O) groups excluding carboxylic acids is 2. The normalized spacial score (nSPS) is 16.8. The van der Waals surface area contributed by atoms with E-state index < -0.39 is 0 Å². The molecule has 1 fully saturated rings. The maximum atomic E-state index is 12.8. The number of halogens is 1. The van der Waals surface area contributed by atoms with Gasteiger partial charge in [0.15, 0.2) is 6.61 Å². The number of anilines is 1. The van der Waals surface area contributed by atoms with Gasteiger partial charge in [-0.1, -0.05) is 17.7 Å². The number of aryl methyl sites for hydroxylation is 1. The van der Waals surface area contributed by atoms with E-state index in [1.165, 1.54) is 24.3 Å². The van der Waals surface area contributed by atoms with Crippen molar-refractivity contribution in [2.45, 2.75) is 19.4 Å². The van der Waals surface area contributed by atoms with Gasteiger partial charge in [-0.15, -0.1) is 0 Å². The Morgan fingerprint density at radius 2 is 1.88 bits per heavy atom. The van der Waals surface area contributed by atoms with Gasteiger partial charge < -0.3 is 15.0 Å². The fourth-order valence-electron chi connectivity index (χ4n) is 2.73. The molecule has 5 nitrogen and oxygen atoms in total. The molecule has 0 bridgehead atoms. The van der Waals surface area contributed by atoms with Gasteiger partial charge >= 0.3 is 0 Å². The van der Waals surface area contributed by atoms with Crippen LogP contribution < -0.4 is 15.0 Å². The van der Waals surface area contributed by atoms with Gasteiger partial charge in [0, 0.05) is 18.7 Å². The second kappa shape index (κ2) is 7.34. The summed E-state index contributed by atoms with van der Waals surface area (Å²) < 4.78 is 18.1. The maximum absolute atomic E-state index is 12.8. The second-order valence-electron chi connectivity index (χ2n) is 6.05. The van der Waals surface area contributed by atoms with Gasteiger partial charge in [-0.05, 0) is 43.3 Å². The van der Waals surface area contributed by atoms with Crippen LogP contribution in [-0.2, 0) is 9.59 Å². The Balaban J connectivity index is 1.51. The second-order valence-corrected chi connectivity index (χ2v) is 6.05. The first-order chi connectivity index (χ1) is 12.0. The molecule has 25 heavy (non-hydrogen) atoms. The Hall–Kier alpha value is -2.89. The van der Waals surface area contributed by atoms with Crippen LogP contribution in [0, 0.1) is 12.7 Å². The Morgan fingerprint density at radius 1 is 1.20 bits per heavy atom. The summed E-state index contributed by atoms with van der Waals surface area (Å²) in [4.78, 5) is 25.8. The molecule has 0 radical (unpaired) electrons. The molecule has 0 spiro atoms. The lowest BCUT2D eigenvalue weighted by Gasteiger charge is -2.17. The SMILES string of the molecule is Cc1ccc(N2C[C@@H](NC(=O)COc3ccc(F)cc3)CC2=O)cc1. The van der Waals surface area contributed by atoms with Gasteiger partial charge in [-0.25, -0.2) is 4.39 Å². The highest BCUT2D eigenvalue weighted by molar-refractivity contribution is 5.96. The summed E-state index contributed by atoms with van der Waals surface area (Å²) in [6.07, 6.45) is 0.260. The number of benzene rings is 2. The minimum absolute atomic E-state index is 0.0198. The first-order valence-electron chi connectivity index (χ1n) is 8.06. The minimum Gasteiger partial charge on any atom is -0.484 e. The Kier molecular flexibility index (Phi) is 4.97. The highest BCUT2D eigenvalue weighted by Crippen LogP contribution is 2.22. The maximum Gasteiger partial charge on any atom is 0.258 e. The lowest BCUT2D eigenvalue weighted by molar-refractivity contribution is -0.123. The fourth-order valence-corrected chi connectivity index (χ4v) is 2.73. The van der Waals surface area contributed by atoms with E-state index in [1.54, 1.807) is 4.90 Å². The molecule has 3 rings (SSSR count). The van der Waals surface area contributed by atoms with E-state index in [1.807, 2.05) is 31.2 Å². The third kappa shape index (κ3) is 4.35. The summed E-state index contributed by atoms with van der Waals surface area (Å²) in [5.41, 5.74) is 1.95. The zero-order valence-corrected chi connectivity index (χ0v) is 13.9. The number of hydrogen-bond donors (Lipinski definition) is 1. The van der Waals surface area contributed by atoms with E-state index in [2.05, 4.69) is 5.32 Å². The largest absolute Gasteiger partial charge is 0.484 e. The number of nitrogens with zero attached hydrogens (tertiary/aromatic N) is 1. The predicted octanol–water partition coefficient (Wildman–Crippen LogP) is 2.43. The molecule has 6 heteroatoms. The molecule has 0 saturated carbocycles. The zero-order valence-electron chi connectivity index (χ0n) is 13.9. The van der Waals surface area contributed by atoms with Crippen molar-refractivity contribution in [3.63, 3.8) is 0 Å². The standard InChI is InChI=1S/C19H19FN2O3/c1-13-2-6-16(7-3-13)22-11-15(10-19(22)24)21-18(23)12-25-17-8-4-14(20)5-9-17/h2-9,15H,10-12H2,1H3,(H,21,23)/t15-/m0/s1. The molecule has 1 saturated heterocycles. The summed E-state index contributed by atoms with van der Waals surface area (Å²) in [6.45, 7) is 2.24. The van der Waals surface area contributed by atoms with Gasteiger partial charge in [-0.2, -0.15) is 0 Å². The molecule has 1 heterocycles. The highest BCUT2D eigenvalue weighted by Gasteiger charge is 2.31. The van der Waals surface area contributed by atoms with Crippen LogP contribution >= 0.6 is 0 Å². The molecule has 2 aromatic carbocycles. The third-order valence-electron chi connectivity index (χ3n) is 4.02. The van der Waals surface area contributed by atoms with Gasteiger partial charge in [-0.3, -0.25) is 9.59 Å². The summed E-state index contributed by atoms with van der Waals surface area (Å²) in [6, 6.07) is 12.9. The Bertz CT molecular complexity index is 759. The zero-order chi connectivity index (χ0) is 17.8. The fraction of sp³-hybridized carbons (Fsp3) is 0.263. The van der Waals surface area contributed by atoms with E-state index >= 15 is 0 Å². The van der Waals surface area contributed by atoms with Crippen LogP contribution in [0.2, 0.25) is 0 Å². The van der Waals surface area contributed by atoms with Gasteiger partial charge in [0.2, 0.25) is 5.91 Å². The number of amides is 2. The number of rotatable bonds is 5. The van der Waals surface area contributed by atoms with Crippen molar-refractivity contribution >= 4 is 17.5 Å². The number of carbonyl (C=O) groups is 2. The molecule has 1 aliphatic rings. The summed E-state index contributed by atoms with van der Waals surface area (Å²) in [5, 5.41) is 2.80. The summed E-state index contributed by atoms with van der Waals surface area (Å²) >= 11 is 0. The quantitative estimate of drug-likeness (QED) is 0.908. The molecule has 2 amide bonds. The smallest absolute Gasteiger partial charge is 0.258 e. The van der Waals surface area contributed by atoms with E-state index in [0.717, 1.165) is 11.3 Å². The van der Waals surface area contributed by atoms with Crippen molar-refractivity contribution in [2.75, 3.05) is 18.1 Å². The molecule has 1 aliphatic heterocycles. The van der Waals surface area contributed by atoms with Gasteiger partial charge in [0.05, 0.1) is 6.04 Å². The van der Waals surface area contributed by atoms with Crippen LogP contribution in [0.3, 0.4) is 0 Å². The number of hydrogen-bond acceptors (Lipinski definition) is 3. The Morgan fingerprint density at radius 3 is 2.56 bits per heavy atom. The topological polar surface area (TPSA) is 58.6 Å². The van der Waals surface area contributed by atoms with E-state index in [-0.39, 0.29) is 36.7 Å². The van der Waals surface area contributed by atoms with Crippen molar-refractivity contribution < 1.29 is 18.7 Å². The van der Waals surface area contributed by atoms with Crippen molar-refractivity contribution in [2.24, 2.45) is 0 Å². The molecule has 2 aromatic rings. The molecule has 0 unspecified atom stereocenters. The van der Waals surface area contributed by atoms with Gasteiger partial charge in [0.1, 0.15) is 11.6 Å². The highest BCUT2D eigenvalue weighted by atomic mass is 19.1. The molecular formula is C19H19FN2O3. The first-order valence-corrected chi connectivity index (χ1v) is 8.06. The van der Waals surface area contributed by atoms with E-state index in [9.17, 15) is 14.0 Å². The molecule has 0 aliphatic carbocycles. The van der Waals surface area contributed by atoms with Crippen LogP contribution in [-0.4, -0.2) is 31.0 Å². The molecule has 1 atom stereocenters. The van der Waals surface area contributed by atoms with Crippen LogP contribution in [0.25, 0.3) is 0 Å². The van der Waals surface area contributed by atoms with Crippen molar-refractivity contribution in [3.05, 3.63) is 59.9 Å². The van der Waals surface area contributed by atoms with Crippen LogP contribution in [0.4, 0.5) is 10.1 Å². The predicted molar refractivity (Wildman–Crippen MR) is 92.0 cm³/mol. The third-order valence-corrected chi connectivity index (χ3v) is 4.02. The van der Waals surface area contributed by atoms with Crippen LogP contribution in [0.1, 0.15) is 12.0 Å². The van der Waals surface area contributed by atoms with Crippen LogP contribution in [0.5, 0.6) is 5.75 Å². The lowest BCUT2D eigenvalue weighted by atomic mass is 10.2. The molecule has 0 aromatic heterocycles. The van der Waals surface area contributed by atoms with Crippen molar-refractivity contribution in [1.29, 1.82) is 0 Å².